The molecule has 0 spiro atoms. The maximum atomic E-state index is 13.8. The molecule has 1 aromatic heterocycles. The molecule has 1 aliphatic carbocycles. The van der Waals surface area contributed by atoms with Crippen LogP contribution in [0.4, 0.5) is 24.9 Å². The monoisotopic (exact) mass is 443 g/mol. The number of halogens is 3. The van der Waals surface area contributed by atoms with Crippen molar-refractivity contribution < 1.29 is 13.2 Å². The zero-order valence-electron chi connectivity index (χ0n) is 18.3. The Morgan fingerprint density at radius 3 is 2.38 bits per heavy atom. The average molecular weight is 444 g/mol. The highest BCUT2D eigenvalue weighted by Gasteiger charge is 2.22. The highest BCUT2D eigenvalue weighted by atomic mass is 19.2. The molecular formula is C24H28F3N5. The fraction of sp³-hybridized carbons (Fsp3) is 0.417. The third kappa shape index (κ3) is 4.96. The van der Waals surface area contributed by atoms with Crippen LogP contribution < -0.4 is 15.5 Å². The third-order valence-electron chi connectivity index (χ3n) is 6.01. The Balaban J connectivity index is 1.29. The van der Waals surface area contributed by atoms with E-state index in [2.05, 4.69) is 15.6 Å². The molecule has 1 saturated carbocycles. The molecule has 170 valence electrons. The maximum absolute atomic E-state index is 13.8. The van der Waals surface area contributed by atoms with Gasteiger partial charge in [0.25, 0.3) is 0 Å². The molecular weight excluding hydrogens is 415 g/mol. The number of rotatable bonds is 7. The number of hydrogen-bond acceptors (Lipinski definition) is 5. The summed E-state index contributed by atoms with van der Waals surface area (Å²) in [6, 6.07) is 10.9. The summed E-state index contributed by atoms with van der Waals surface area (Å²) in [5.41, 5.74) is 1.10. The van der Waals surface area contributed by atoms with Gasteiger partial charge in [0.2, 0.25) is 5.95 Å². The van der Waals surface area contributed by atoms with Gasteiger partial charge in [-0.25, -0.2) is 18.2 Å². The molecule has 0 unspecified atom stereocenters. The van der Waals surface area contributed by atoms with E-state index in [0.717, 1.165) is 48.5 Å². The zero-order valence-corrected chi connectivity index (χ0v) is 18.3. The van der Waals surface area contributed by atoms with Gasteiger partial charge in [-0.3, -0.25) is 0 Å². The minimum Gasteiger partial charge on any atom is -0.362 e. The van der Waals surface area contributed by atoms with Crippen LogP contribution in [0.25, 0.3) is 10.9 Å². The van der Waals surface area contributed by atoms with E-state index in [-0.39, 0.29) is 11.6 Å². The van der Waals surface area contributed by atoms with Crippen LogP contribution in [0.5, 0.6) is 0 Å². The first kappa shape index (κ1) is 22.3. The van der Waals surface area contributed by atoms with E-state index in [1.165, 1.54) is 6.07 Å². The average Bonchev–Trinajstić information content (AvgIpc) is 2.79. The maximum Gasteiger partial charge on any atom is 0.225 e. The summed E-state index contributed by atoms with van der Waals surface area (Å²) >= 11 is 0. The van der Waals surface area contributed by atoms with Crippen molar-refractivity contribution in [2.45, 2.75) is 44.2 Å². The van der Waals surface area contributed by atoms with Crippen LogP contribution in [0.15, 0.2) is 36.4 Å². The number of nitrogens with one attached hydrogen (secondary N) is 2. The van der Waals surface area contributed by atoms with Crippen molar-refractivity contribution in [2.75, 3.05) is 30.9 Å². The van der Waals surface area contributed by atoms with Crippen LogP contribution in [0.3, 0.4) is 0 Å². The van der Waals surface area contributed by atoms with E-state index in [4.69, 9.17) is 4.98 Å². The Bertz CT molecular complexity index is 1080. The van der Waals surface area contributed by atoms with E-state index in [1.54, 1.807) is 0 Å². The highest BCUT2D eigenvalue weighted by molar-refractivity contribution is 5.90. The number of anilines is 2. The topological polar surface area (TPSA) is 53.1 Å². The molecule has 3 aromatic rings. The third-order valence-corrected chi connectivity index (χ3v) is 6.01. The lowest BCUT2D eigenvalue weighted by Gasteiger charge is -2.30. The number of nitrogens with zero attached hydrogens (tertiary/aromatic N) is 3. The molecule has 0 amide bonds. The van der Waals surface area contributed by atoms with E-state index in [1.807, 2.05) is 43.3 Å². The summed E-state index contributed by atoms with van der Waals surface area (Å²) in [6.07, 6.45) is 4.17. The van der Waals surface area contributed by atoms with Crippen molar-refractivity contribution in [3.63, 3.8) is 0 Å². The smallest absolute Gasteiger partial charge is 0.225 e. The minimum absolute atomic E-state index is 0.192. The Morgan fingerprint density at radius 2 is 1.62 bits per heavy atom. The highest BCUT2D eigenvalue weighted by Crippen LogP contribution is 2.26. The van der Waals surface area contributed by atoms with Crippen molar-refractivity contribution in [1.29, 1.82) is 0 Å². The van der Waals surface area contributed by atoms with Crippen molar-refractivity contribution in [3.05, 3.63) is 59.4 Å². The molecule has 1 aliphatic rings. The normalized spacial score (nSPS) is 18.7. The molecule has 0 saturated heterocycles. The van der Waals surface area contributed by atoms with E-state index < -0.39 is 17.5 Å². The SMILES string of the molecule is CN(C)c1nc(N[C@H]2CC[C@@H](NCCc3ccc(F)c(F)c3F)CC2)nc2ccccc12. The number of para-hydroxylation sites is 1. The fourth-order valence-electron chi connectivity index (χ4n) is 4.26. The molecule has 8 heteroatoms. The largest absolute Gasteiger partial charge is 0.362 e. The first-order valence-corrected chi connectivity index (χ1v) is 11.0. The molecule has 1 heterocycles. The molecule has 32 heavy (non-hydrogen) atoms. The number of aromatic nitrogens is 2. The van der Waals surface area contributed by atoms with Gasteiger partial charge in [-0.2, -0.15) is 4.98 Å². The second-order valence-electron chi connectivity index (χ2n) is 8.51. The summed E-state index contributed by atoms with van der Waals surface area (Å²) < 4.78 is 40.2. The summed E-state index contributed by atoms with van der Waals surface area (Å²) in [5.74, 6) is -2.12. The molecule has 1 fully saturated rings. The first-order valence-electron chi connectivity index (χ1n) is 11.0. The van der Waals surface area contributed by atoms with E-state index >= 15 is 0 Å². The predicted molar refractivity (Wildman–Crippen MR) is 122 cm³/mol. The molecule has 0 atom stereocenters. The summed E-state index contributed by atoms with van der Waals surface area (Å²) in [4.78, 5) is 11.4. The van der Waals surface area contributed by atoms with Gasteiger partial charge in [-0.15, -0.1) is 0 Å². The lowest BCUT2D eigenvalue weighted by atomic mass is 9.91. The second-order valence-corrected chi connectivity index (χ2v) is 8.51. The van der Waals surface area contributed by atoms with Gasteiger partial charge in [-0.1, -0.05) is 18.2 Å². The molecule has 4 rings (SSSR count). The van der Waals surface area contributed by atoms with Crippen LogP contribution in [-0.4, -0.2) is 42.7 Å². The quantitative estimate of drug-likeness (QED) is 0.520. The van der Waals surface area contributed by atoms with E-state index in [0.29, 0.717) is 25.0 Å². The van der Waals surface area contributed by atoms with Gasteiger partial charge in [0.1, 0.15) is 5.82 Å². The van der Waals surface area contributed by atoms with Crippen molar-refractivity contribution in [3.8, 4) is 0 Å². The molecule has 0 aliphatic heterocycles. The van der Waals surface area contributed by atoms with Gasteiger partial charge in [0.15, 0.2) is 17.5 Å². The van der Waals surface area contributed by atoms with Crippen molar-refractivity contribution >= 4 is 22.7 Å². The first-order chi connectivity index (χ1) is 15.4. The lowest BCUT2D eigenvalue weighted by molar-refractivity contribution is 0.354. The molecule has 0 bridgehead atoms. The second kappa shape index (κ2) is 9.73. The van der Waals surface area contributed by atoms with Gasteiger partial charge in [0, 0.05) is 31.6 Å². The number of hydrogen-bond donors (Lipinski definition) is 2. The van der Waals surface area contributed by atoms with Crippen LogP contribution >= 0.6 is 0 Å². The van der Waals surface area contributed by atoms with Gasteiger partial charge >= 0.3 is 0 Å². The van der Waals surface area contributed by atoms with Crippen LogP contribution in [0.2, 0.25) is 0 Å². The Labute approximate surface area is 186 Å². The van der Waals surface area contributed by atoms with Crippen LogP contribution in [0, 0.1) is 17.5 Å². The molecule has 2 N–H and O–H groups in total. The lowest BCUT2D eigenvalue weighted by Crippen LogP contribution is -2.38. The van der Waals surface area contributed by atoms with Gasteiger partial charge in [-0.05, 0) is 62.4 Å². The molecule has 5 nitrogen and oxygen atoms in total. The van der Waals surface area contributed by atoms with Crippen LogP contribution in [0.1, 0.15) is 31.2 Å². The number of fused-ring (bicyclic) bond motifs is 1. The standard InChI is InChI=1S/C24H28F3N5/c1-32(2)23-18-5-3-4-6-20(18)30-24(31-23)29-17-10-8-16(9-11-17)28-14-13-15-7-12-19(25)22(27)21(15)26/h3-7,12,16-17,28H,8-11,13-14H2,1-2H3,(H,29,30,31)/t16-,17+. The molecule has 2 aromatic carbocycles. The van der Waals surface area contributed by atoms with Crippen LogP contribution in [-0.2, 0) is 6.42 Å². The van der Waals surface area contributed by atoms with Gasteiger partial charge in [0.05, 0.1) is 5.52 Å². The number of benzene rings is 2. The minimum atomic E-state index is -1.40. The van der Waals surface area contributed by atoms with E-state index in [9.17, 15) is 13.2 Å². The van der Waals surface area contributed by atoms with Crippen molar-refractivity contribution in [1.82, 2.24) is 15.3 Å². The predicted octanol–water partition coefficient (Wildman–Crippen LogP) is 4.67. The Kier molecular flexibility index (Phi) is 6.79. The Morgan fingerprint density at radius 1 is 0.906 bits per heavy atom. The fourth-order valence-corrected chi connectivity index (χ4v) is 4.26. The summed E-state index contributed by atoms with van der Waals surface area (Å²) in [7, 11) is 3.95. The van der Waals surface area contributed by atoms with Crippen molar-refractivity contribution in [2.24, 2.45) is 0 Å². The summed E-state index contributed by atoms with van der Waals surface area (Å²) in [5, 5.41) is 7.92. The van der Waals surface area contributed by atoms with Gasteiger partial charge < -0.3 is 15.5 Å². The molecule has 0 radical (unpaired) electrons. The summed E-state index contributed by atoms with van der Waals surface area (Å²) in [6.45, 7) is 0.519. The zero-order chi connectivity index (χ0) is 22.7. The Hall–Kier alpha value is -2.87.